The van der Waals surface area contributed by atoms with Gasteiger partial charge in [0.15, 0.2) is 0 Å². The fraction of sp³-hybridized carbons (Fsp3) is 0.286. The highest BCUT2D eigenvalue weighted by atomic mass is 16.3. The molecule has 0 saturated carbocycles. The lowest BCUT2D eigenvalue weighted by atomic mass is 10.2. The molecule has 0 spiro atoms. The van der Waals surface area contributed by atoms with Gasteiger partial charge in [-0.05, 0) is 12.1 Å². The standard InChI is InChI=1S/C14H16N4O2/c15-9-11(10-18-6-4-16-5-7-18)14(20)17-12-2-1-3-13(19)8-12/h1-3,8,10,16,19H,4-7H2,(H,17,20)/b11-10-. The topological polar surface area (TPSA) is 88.4 Å². The van der Waals surface area contributed by atoms with Crippen LogP contribution in [0.15, 0.2) is 36.0 Å². The first-order valence-electron chi connectivity index (χ1n) is 6.36. The smallest absolute Gasteiger partial charge is 0.267 e. The van der Waals surface area contributed by atoms with Crippen molar-refractivity contribution < 1.29 is 9.90 Å². The SMILES string of the molecule is N#C/C(=C/N1CCNCC1)C(=O)Nc1cccc(O)c1. The van der Waals surface area contributed by atoms with E-state index in [0.29, 0.717) is 5.69 Å². The lowest BCUT2D eigenvalue weighted by Gasteiger charge is -2.26. The van der Waals surface area contributed by atoms with Gasteiger partial charge in [0.2, 0.25) is 0 Å². The quantitative estimate of drug-likeness (QED) is 0.555. The van der Waals surface area contributed by atoms with E-state index in [1.54, 1.807) is 18.3 Å². The number of amides is 1. The van der Waals surface area contributed by atoms with Crippen molar-refractivity contribution in [3.63, 3.8) is 0 Å². The molecule has 104 valence electrons. The Labute approximate surface area is 117 Å². The number of carbonyl (C=O) groups is 1. The Kier molecular flexibility index (Phi) is 4.58. The number of anilines is 1. The molecule has 1 aliphatic rings. The predicted molar refractivity (Wildman–Crippen MR) is 74.9 cm³/mol. The third kappa shape index (κ3) is 3.73. The first-order valence-corrected chi connectivity index (χ1v) is 6.36. The van der Waals surface area contributed by atoms with E-state index in [1.807, 2.05) is 11.0 Å². The van der Waals surface area contributed by atoms with Crippen LogP contribution in [0.5, 0.6) is 5.75 Å². The molecule has 0 radical (unpaired) electrons. The maximum absolute atomic E-state index is 12.0. The van der Waals surface area contributed by atoms with Gasteiger partial charge in [0.05, 0.1) is 0 Å². The zero-order valence-electron chi connectivity index (χ0n) is 11.0. The maximum atomic E-state index is 12.0. The highest BCUT2D eigenvalue weighted by molar-refractivity contribution is 6.06. The van der Waals surface area contributed by atoms with E-state index in [-0.39, 0.29) is 11.3 Å². The van der Waals surface area contributed by atoms with E-state index in [4.69, 9.17) is 5.26 Å². The van der Waals surface area contributed by atoms with Crippen LogP contribution in [0.2, 0.25) is 0 Å². The second-order valence-corrected chi connectivity index (χ2v) is 4.44. The Hall–Kier alpha value is -2.52. The van der Waals surface area contributed by atoms with Crippen molar-refractivity contribution in [3.05, 3.63) is 36.0 Å². The molecule has 2 rings (SSSR count). The molecule has 20 heavy (non-hydrogen) atoms. The summed E-state index contributed by atoms with van der Waals surface area (Å²) in [6.07, 6.45) is 1.58. The largest absolute Gasteiger partial charge is 0.508 e. The lowest BCUT2D eigenvalue weighted by molar-refractivity contribution is -0.112. The summed E-state index contributed by atoms with van der Waals surface area (Å²) in [5.41, 5.74) is 0.506. The molecule has 3 N–H and O–H groups in total. The van der Waals surface area contributed by atoms with Gasteiger partial charge in [0.1, 0.15) is 17.4 Å². The summed E-state index contributed by atoms with van der Waals surface area (Å²) in [6.45, 7) is 3.21. The van der Waals surface area contributed by atoms with Crippen LogP contribution in [-0.2, 0) is 4.79 Å². The van der Waals surface area contributed by atoms with Crippen molar-refractivity contribution in [2.45, 2.75) is 0 Å². The van der Waals surface area contributed by atoms with E-state index in [0.717, 1.165) is 26.2 Å². The van der Waals surface area contributed by atoms with Gasteiger partial charge in [0, 0.05) is 44.1 Å². The van der Waals surface area contributed by atoms with Gasteiger partial charge >= 0.3 is 0 Å². The molecule has 0 unspecified atom stereocenters. The molecule has 1 aromatic rings. The van der Waals surface area contributed by atoms with Gasteiger partial charge in [0.25, 0.3) is 5.91 Å². The van der Waals surface area contributed by atoms with Crippen LogP contribution < -0.4 is 10.6 Å². The molecule has 1 amide bonds. The molecule has 0 aromatic heterocycles. The molecule has 0 bridgehead atoms. The molecule has 6 nitrogen and oxygen atoms in total. The third-order valence-electron chi connectivity index (χ3n) is 2.93. The normalized spacial score (nSPS) is 15.6. The number of piperazine rings is 1. The number of hydrogen-bond donors (Lipinski definition) is 3. The number of nitrogens with zero attached hydrogens (tertiary/aromatic N) is 2. The Bertz CT molecular complexity index is 557. The van der Waals surface area contributed by atoms with Crippen LogP contribution in [-0.4, -0.2) is 42.1 Å². The molecular weight excluding hydrogens is 256 g/mol. The minimum absolute atomic E-state index is 0.0512. The Morgan fingerprint density at radius 1 is 1.45 bits per heavy atom. The molecular formula is C14H16N4O2. The summed E-state index contributed by atoms with van der Waals surface area (Å²) in [5, 5.41) is 24.2. The third-order valence-corrected chi connectivity index (χ3v) is 2.93. The summed E-state index contributed by atoms with van der Waals surface area (Å²) in [5.74, 6) is -0.413. The van der Waals surface area contributed by atoms with E-state index in [1.165, 1.54) is 12.1 Å². The zero-order chi connectivity index (χ0) is 14.4. The van der Waals surface area contributed by atoms with Crippen molar-refractivity contribution in [3.8, 4) is 11.8 Å². The van der Waals surface area contributed by atoms with Crippen LogP contribution in [0.1, 0.15) is 0 Å². The average molecular weight is 272 g/mol. The van der Waals surface area contributed by atoms with Gasteiger partial charge in [-0.25, -0.2) is 0 Å². The molecule has 0 atom stereocenters. The van der Waals surface area contributed by atoms with E-state index >= 15 is 0 Å². The highest BCUT2D eigenvalue weighted by Gasteiger charge is 2.13. The van der Waals surface area contributed by atoms with Crippen molar-refractivity contribution >= 4 is 11.6 Å². The second kappa shape index (κ2) is 6.59. The number of nitrogens with one attached hydrogen (secondary N) is 2. The number of phenols is 1. The monoisotopic (exact) mass is 272 g/mol. The van der Waals surface area contributed by atoms with Gasteiger partial charge < -0.3 is 20.6 Å². The van der Waals surface area contributed by atoms with Gasteiger partial charge in [-0.3, -0.25) is 4.79 Å². The Balaban J connectivity index is 2.05. The molecule has 6 heteroatoms. The van der Waals surface area contributed by atoms with E-state index < -0.39 is 5.91 Å². The Morgan fingerprint density at radius 3 is 2.85 bits per heavy atom. The number of aromatic hydroxyl groups is 1. The van der Waals surface area contributed by atoms with Crippen molar-refractivity contribution in [2.75, 3.05) is 31.5 Å². The summed E-state index contributed by atoms with van der Waals surface area (Å²) < 4.78 is 0. The minimum Gasteiger partial charge on any atom is -0.508 e. The first kappa shape index (κ1) is 13.9. The molecule has 1 aromatic carbocycles. The second-order valence-electron chi connectivity index (χ2n) is 4.44. The van der Waals surface area contributed by atoms with Crippen LogP contribution in [0.4, 0.5) is 5.69 Å². The predicted octanol–water partition coefficient (Wildman–Crippen LogP) is 0.643. The van der Waals surface area contributed by atoms with Crippen molar-refractivity contribution in [1.82, 2.24) is 10.2 Å². The maximum Gasteiger partial charge on any atom is 0.267 e. The van der Waals surface area contributed by atoms with Gasteiger partial charge in [-0.2, -0.15) is 5.26 Å². The number of rotatable bonds is 3. The van der Waals surface area contributed by atoms with Gasteiger partial charge in [-0.15, -0.1) is 0 Å². The summed E-state index contributed by atoms with van der Waals surface area (Å²) in [7, 11) is 0. The lowest BCUT2D eigenvalue weighted by Crippen LogP contribution is -2.41. The summed E-state index contributed by atoms with van der Waals surface area (Å²) in [4.78, 5) is 13.9. The summed E-state index contributed by atoms with van der Waals surface area (Å²) >= 11 is 0. The van der Waals surface area contributed by atoms with Crippen LogP contribution in [0.25, 0.3) is 0 Å². The van der Waals surface area contributed by atoms with E-state index in [2.05, 4.69) is 10.6 Å². The Morgan fingerprint density at radius 2 is 2.20 bits per heavy atom. The fourth-order valence-electron chi connectivity index (χ4n) is 1.91. The highest BCUT2D eigenvalue weighted by Crippen LogP contribution is 2.16. The fourth-order valence-corrected chi connectivity index (χ4v) is 1.91. The molecule has 1 fully saturated rings. The number of phenolic OH excluding ortho intramolecular Hbond substituents is 1. The summed E-state index contributed by atoms with van der Waals surface area (Å²) in [6, 6.07) is 8.12. The molecule has 0 aliphatic carbocycles. The molecule has 1 saturated heterocycles. The number of hydrogen-bond acceptors (Lipinski definition) is 5. The van der Waals surface area contributed by atoms with Crippen molar-refractivity contribution in [1.29, 1.82) is 5.26 Å². The van der Waals surface area contributed by atoms with Gasteiger partial charge in [-0.1, -0.05) is 6.07 Å². The minimum atomic E-state index is -0.475. The average Bonchev–Trinajstić information content (AvgIpc) is 2.45. The zero-order valence-corrected chi connectivity index (χ0v) is 11.0. The number of carbonyl (C=O) groups excluding carboxylic acids is 1. The van der Waals surface area contributed by atoms with Crippen LogP contribution >= 0.6 is 0 Å². The molecule has 1 aliphatic heterocycles. The first-order chi connectivity index (χ1) is 9.69. The van der Waals surface area contributed by atoms with Crippen LogP contribution in [0, 0.1) is 11.3 Å². The molecule has 1 heterocycles. The van der Waals surface area contributed by atoms with Crippen LogP contribution in [0.3, 0.4) is 0 Å². The van der Waals surface area contributed by atoms with E-state index in [9.17, 15) is 9.90 Å². The van der Waals surface area contributed by atoms with Crippen molar-refractivity contribution in [2.24, 2.45) is 0 Å². The number of benzene rings is 1. The number of nitriles is 1.